The van der Waals surface area contributed by atoms with Crippen molar-refractivity contribution in [3.05, 3.63) is 34.0 Å². The first-order valence-corrected chi connectivity index (χ1v) is 9.81. The molecule has 1 aromatic heterocycles. The van der Waals surface area contributed by atoms with E-state index < -0.39 is 0 Å². The molecule has 1 fully saturated rings. The van der Waals surface area contributed by atoms with Crippen LogP contribution in [-0.4, -0.2) is 48.1 Å². The van der Waals surface area contributed by atoms with Gasteiger partial charge in [0, 0.05) is 30.6 Å². The number of rotatable bonds is 7. The fourth-order valence-corrected chi connectivity index (χ4v) is 4.21. The lowest BCUT2D eigenvalue weighted by molar-refractivity contribution is 0.135. The van der Waals surface area contributed by atoms with Gasteiger partial charge in [0.25, 0.3) is 0 Å². The van der Waals surface area contributed by atoms with E-state index in [1.807, 2.05) is 12.1 Å². The zero-order valence-corrected chi connectivity index (χ0v) is 16.2. The third kappa shape index (κ3) is 5.80. The molecule has 0 aliphatic carbocycles. The minimum atomic E-state index is -0.0451. The summed E-state index contributed by atoms with van der Waals surface area (Å²) in [5, 5.41) is 3.08. The lowest BCUT2D eigenvalue weighted by atomic mass is 9.99. The van der Waals surface area contributed by atoms with Crippen LogP contribution in [0.5, 0.6) is 0 Å². The van der Waals surface area contributed by atoms with Crippen molar-refractivity contribution in [2.75, 3.05) is 26.2 Å². The summed E-state index contributed by atoms with van der Waals surface area (Å²) >= 11 is 7.48. The fourth-order valence-electron chi connectivity index (χ4n) is 3.10. The van der Waals surface area contributed by atoms with E-state index in [0.717, 1.165) is 28.2 Å². The Morgan fingerprint density at radius 2 is 2.42 bits per heavy atom. The maximum Gasteiger partial charge on any atom is 0.318 e. The molecule has 1 aliphatic heterocycles. The van der Waals surface area contributed by atoms with Crippen molar-refractivity contribution in [3.63, 3.8) is 0 Å². The summed E-state index contributed by atoms with van der Waals surface area (Å²) in [6, 6.07) is 4.15. The number of hydrogen-bond acceptors (Lipinski definition) is 3. The molecule has 4 nitrogen and oxygen atoms in total. The predicted molar refractivity (Wildman–Crippen MR) is 103 cm³/mol. The van der Waals surface area contributed by atoms with E-state index in [4.69, 9.17) is 11.6 Å². The molecule has 0 spiro atoms. The summed E-state index contributed by atoms with van der Waals surface area (Å²) in [6.45, 7) is 12.3. The summed E-state index contributed by atoms with van der Waals surface area (Å²) in [4.78, 5) is 17.8. The van der Waals surface area contributed by atoms with Gasteiger partial charge in [-0.2, -0.15) is 0 Å². The lowest BCUT2D eigenvalue weighted by Crippen LogP contribution is -2.48. The molecule has 2 rings (SSSR count). The van der Waals surface area contributed by atoms with Crippen molar-refractivity contribution in [2.24, 2.45) is 5.92 Å². The lowest BCUT2D eigenvalue weighted by Gasteiger charge is -2.36. The van der Waals surface area contributed by atoms with Crippen molar-refractivity contribution in [3.8, 4) is 0 Å². The molecule has 1 aliphatic rings. The van der Waals surface area contributed by atoms with E-state index in [0.29, 0.717) is 25.7 Å². The van der Waals surface area contributed by atoms with E-state index in [1.165, 1.54) is 24.2 Å². The van der Waals surface area contributed by atoms with Crippen LogP contribution in [0.25, 0.3) is 0 Å². The molecule has 0 radical (unpaired) electrons. The molecular weight excluding hydrogens is 342 g/mol. The van der Waals surface area contributed by atoms with Crippen LogP contribution in [0, 0.1) is 5.92 Å². The first kappa shape index (κ1) is 19.3. The normalized spacial score (nSPS) is 19.7. The average Bonchev–Trinajstić information content (AvgIpc) is 2.97. The number of thiophene rings is 1. The van der Waals surface area contributed by atoms with E-state index >= 15 is 0 Å². The topological polar surface area (TPSA) is 35.6 Å². The number of carbonyl (C=O) groups excluding carboxylic acids is 1. The van der Waals surface area contributed by atoms with Crippen LogP contribution in [0.3, 0.4) is 0 Å². The van der Waals surface area contributed by atoms with Crippen LogP contribution >= 0.6 is 22.9 Å². The molecule has 0 unspecified atom stereocenters. The second-order valence-corrected chi connectivity index (χ2v) is 8.45. The minimum absolute atomic E-state index is 0.0451. The van der Waals surface area contributed by atoms with Gasteiger partial charge < -0.3 is 10.2 Å². The second-order valence-electron chi connectivity index (χ2n) is 6.65. The third-order valence-corrected chi connectivity index (χ3v) is 5.69. The molecule has 0 bridgehead atoms. The molecule has 2 heterocycles. The van der Waals surface area contributed by atoms with Crippen LogP contribution in [0.15, 0.2) is 24.8 Å². The number of nitrogens with zero attached hydrogens (tertiary/aromatic N) is 2. The highest BCUT2D eigenvalue weighted by molar-refractivity contribution is 7.16. The largest absolute Gasteiger partial charge is 0.336 e. The summed E-state index contributed by atoms with van der Waals surface area (Å²) < 4.78 is 0.747. The van der Waals surface area contributed by atoms with Crippen LogP contribution in [0.4, 0.5) is 4.79 Å². The first-order valence-electron chi connectivity index (χ1n) is 8.61. The fraction of sp³-hybridized carbons (Fsp3) is 0.611. The summed E-state index contributed by atoms with van der Waals surface area (Å²) in [5.41, 5.74) is 0. The second kappa shape index (κ2) is 9.44. The van der Waals surface area contributed by atoms with Gasteiger partial charge >= 0.3 is 6.03 Å². The first-order chi connectivity index (χ1) is 11.5. The summed E-state index contributed by atoms with van der Waals surface area (Å²) in [7, 11) is 0. The minimum Gasteiger partial charge on any atom is -0.336 e. The quantitative estimate of drug-likeness (QED) is 0.730. The molecule has 24 heavy (non-hydrogen) atoms. The number of hydrogen-bond donors (Lipinski definition) is 1. The highest BCUT2D eigenvalue weighted by Crippen LogP contribution is 2.22. The summed E-state index contributed by atoms with van der Waals surface area (Å²) in [6.07, 6.45) is 4.32. The highest BCUT2D eigenvalue weighted by Gasteiger charge is 2.22. The summed E-state index contributed by atoms with van der Waals surface area (Å²) in [5.74, 6) is 0.748. The predicted octanol–water partition coefficient (Wildman–Crippen LogP) is 4.22. The van der Waals surface area contributed by atoms with Crippen molar-refractivity contribution in [2.45, 2.75) is 39.3 Å². The Morgan fingerprint density at radius 1 is 1.62 bits per heavy atom. The number of likely N-dealkylation sites (tertiary alicyclic amines) is 1. The number of urea groups is 1. The van der Waals surface area contributed by atoms with Crippen LogP contribution in [0.1, 0.15) is 31.6 Å². The maximum absolute atomic E-state index is 12.5. The standard InChI is InChI=1S/C18H28ClN3OS/c1-4-9-22(13-16-7-8-17(19)24-16)18(23)20-11-15(3)21-10-5-6-14(2)12-21/h4,7-8,14-15H,1,5-6,9-13H2,2-3H3,(H,20,23)/t14-,15-/m0/s1. The van der Waals surface area contributed by atoms with Gasteiger partial charge in [0.05, 0.1) is 10.9 Å². The smallest absolute Gasteiger partial charge is 0.318 e. The van der Waals surface area contributed by atoms with Crippen LogP contribution < -0.4 is 5.32 Å². The van der Waals surface area contributed by atoms with Crippen molar-refractivity contribution in [1.82, 2.24) is 15.1 Å². The molecule has 6 heteroatoms. The van der Waals surface area contributed by atoms with Gasteiger partial charge in [-0.1, -0.05) is 24.6 Å². The Labute approximate surface area is 154 Å². The zero-order valence-electron chi connectivity index (χ0n) is 14.6. The van der Waals surface area contributed by atoms with Gasteiger partial charge in [-0.25, -0.2) is 4.79 Å². The van der Waals surface area contributed by atoms with E-state index in [9.17, 15) is 4.79 Å². The highest BCUT2D eigenvalue weighted by atomic mass is 35.5. The maximum atomic E-state index is 12.5. The van der Waals surface area contributed by atoms with Gasteiger partial charge in [0.15, 0.2) is 0 Å². The molecule has 2 atom stereocenters. The van der Waals surface area contributed by atoms with Gasteiger partial charge in [-0.05, 0) is 44.4 Å². The monoisotopic (exact) mass is 369 g/mol. The zero-order chi connectivity index (χ0) is 17.5. The molecule has 0 saturated carbocycles. The molecule has 134 valence electrons. The van der Waals surface area contributed by atoms with E-state index in [2.05, 4.69) is 30.6 Å². The number of amides is 2. The van der Waals surface area contributed by atoms with Gasteiger partial charge in [0.1, 0.15) is 0 Å². The van der Waals surface area contributed by atoms with Crippen molar-refractivity contribution >= 4 is 29.0 Å². The Morgan fingerprint density at radius 3 is 3.04 bits per heavy atom. The molecule has 1 aromatic rings. The van der Waals surface area contributed by atoms with Gasteiger partial charge in [0.2, 0.25) is 0 Å². The number of piperidine rings is 1. The Hall–Kier alpha value is -1.04. The number of carbonyl (C=O) groups is 1. The van der Waals surface area contributed by atoms with E-state index in [-0.39, 0.29) is 6.03 Å². The molecule has 0 aromatic carbocycles. The average molecular weight is 370 g/mol. The van der Waals surface area contributed by atoms with Crippen LogP contribution in [-0.2, 0) is 6.54 Å². The Kier molecular flexibility index (Phi) is 7.59. The number of halogens is 1. The van der Waals surface area contributed by atoms with Gasteiger partial charge in [-0.15, -0.1) is 17.9 Å². The third-order valence-electron chi connectivity index (χ3n) is 4.47. The molecular formula is C18H28ClN3OS. The molecule has 2 amide bonds. The SMILES string of the molecule is C=CCN(Cc1ccc(Cl)s1)C(=O)NC[C@H](C)N1CCC[C@H](C)C1. The van der Waals surface area contributed by atoms with E-state index in [1.54, 1.807) is 11.0 Å². The van der Waals surface area contributed by atoms with Crippen molar-refractivity contribution in [1.29, 1.82) is 0 Å². The Balaban J connectivity index is 1.84. The molecule has 1 N–H and O–H groups in total. The van der Waals surface area contributed by atoms with Gasteiger partial charge in [-0.3, -0.25) is 4.90 Å². The molecule has 1 saturated heterocycles. The van der Waals surface area contributed by atoms with Crippen molar-refractivity contribution < 1.29 is 4.79 Å². The Bertz CT molecular complexity index is 548. The van der Waals surface area contributed by atoms with Crippen LogP contribution in [0.2, 0.25) is 4.34 Å². The number of nitrogens with one attached hydrogen (secondary N) is 1.